The molecule has 0 bridgehead atoms. The molecule has 0 amide bonds. The van der Waals surface area contributed by atoms with Gasteiger partial charge in [-0.05, 0) is 67.0 Å². The highest BCUT2D eigenvalue weighted by atomic mass is 79.9. The zero-order valence-electron chi connectivity index (χ0n) is 18.6. The molecule has 0 aromatic heterocycles. The summed E-state index contributed by atoms with van der Waals surface area (Å²) in [6.07, 6.45) is 0. The third-order valence-corrected chi connectivity index (χ3v) is 4.27. The Kier molecular flexibility index (Phi) is 11.6. The number of aromatic hydroxyl groups is 1. The highest BCUT2D eigenvalue weighted by Gasteiger charge is 2.23. The van der Waals surface area contributed by atoms with Crippen molar-refractivity contribution in [1.29, 1.82) is 0 Å². The minimum absolute atomic E-state index is 0. The van der Waals surface area contributed by atoms with Crippen LogP contribution in [0.4, 0.5) is 0 Å². The summed E-state index contributed by atoms with van der Waals surface area (Å²) >= 11 is 3.33. The fourth-order valence-corrected chi connectivity index (χ4v) is 2.90. The van der Waals surface area contributed by atoms with Crippen molar-refractivity contribution >= 4 is 27.9 Å². The molecule has 0 aliphatic rings. The van der Waals surface area contributed by atoms with Crippen LogP contribution in [-0.2, 0) is 9.47 Å². The molecule has 2 rings (SSSR count). The molecule has 0 aliphatic carbocycles. The molecule has 2 aromatic rings. The van der Waals surface area contributed by atoms with Crippen molar-refractivity contribution in [2.45, 2.75) is 33.8 Å². The molecule has 178 valence electrons. The first-order valence-corrected chi connectivity index (χ1v) is 9.86. The molecule has 0 aliphatic heterocycles. The molecular formula is C23H31BrO8. The highest BCUT2D eigenvalue weighted by Crippen LogP contribution is 2.34. The number of carbonyl (C=O) groups is 2. The molecule has 0 spiro atoms. The van der Waals surface area contributed by atoms with Crippen LogP contribution in [-0.4, -0.2) is 51.1 Å². The molecule has 0 unspecified atom stereocenters. The van der Waals surface area contributed by atoms with Crippen molar-refractivity contribution in [3.8, 4) is 23.0 Å². The summed E-state index contributed by atoms with van der Waals surface area (Å²) < 4.78 is 25.6. The largest absolute Gasteiger partial charge is 0.507 e. The first-order chi connectivity index (χ1) is 14.5. The molecule has 2 aromatic carbocycles. The second kappa shape index (κ2) is 12.8. The molecule has 0 fully saturated rings. The number of phenolic OH excluding ortho intramolecular Hbond substituents is 1. The summed E-state index contributed by atoms with van der Waals surface area (Å²) in [5, 5.41) is 9.28. The Labute approximate surface area is 197 Å². The maximum absolute atomic E-state index is 12.1. The van der Waals surface area contributed by atoms with Crippen LogP contribution in [0.15, 0.2) is 34.8 Å². The van der Waals surface area contributed by atoms with Gasteiger partial charge in [0, 0.05) is 0 Å². The van der Waals surface area contributed by atoms with Gasteiger partial charge in [-0.15, -0.1) is 0 Å². The van der Waals surface area contributed by atoms with Crippen LogP contribution in [0.25, 0.3) is 0 Å². The van der Waals surface area contributed by atoms with E-state index in [-0.39, 0.29) is 18.7 Å². The van der Waals surface area contributed by atoms with Gasteiger partial charge in [0.1, 0.15) is 39.7 Å². The summed E-state index contributed by atoms with van der Waals surface area (Å²) in [5.41, 5.74) is -0.127. The van der Waals surface area contributed by atoms with Crippen molar-refractivity contribution in [1.82, 2.24) is 0 Å². The second-order valence-electron chi connectivity index (χ2n) is 7.07. The van der Waals surface area contributed by atoms with Gasteiger partial charge in [0.25, 0.3) is 0 Å². The van der Waals surface area contributed by atoms with Gasteiger partial charge in [0.15, 0.2) is 0 Å². The summed E-state index contributed by atoms with van der Waals surface area (Å²) in [5.74, 6) is 0.342. The fraction of sp³-hybridized carbons (Fsp3) is 0.391. The monoisotopic (exact) mass is 514 g/mol. The Morgan fingerprint density at radius 1 is 0.844 bits per heavy atom. The van der Waals surface area contributed by atoms with Crippen LogP contribution in [0.2, 0.25) is 0 Å². The summed E-state index contributed by atoms with van der Waals surface area (Å²) in [4.78, 5) is 23.1. The lowest BCUT2D eigenvalue weighted by atomic mass is 10.1. The number of esters is 2. The van der Waals surface area contributed by atoms with Crippen LogP contribution < -0.4 is 14.2 Å². The first kappa shape index (κ1) is 29.1. The third kappa shape index (κ3) is 8.30. The molecule has 9 heteroatoms. The minimum Gasteiger partial charge on any atom is -0.507 e. The predicted molar refractivity (Wildman–Crippen MR) is 125 cm³/mol. The Bertz CT molecular complexity index is 919. The summed E-state index contributed by atoms with van der Waals surface area (Å²) in [7, 11) is 5.77. The Morgan fingerprint density at radius 3 is 1.88 bits per heavy atom. The molecule has 32 heavy (non-hydrogen) atoms. The average Bonchev–Trinajstić information content (AvgIpc) is 2.72. The molecule has 0 atom stereocenters. The molecule has 0 saturated heterocycles. The van der Waals surface area contributed by atoms with Crippen molar-refractivity contribution in [2.75, 3.05) is 28.4 Å². The normalized spacial score (nSPS) is 10.0. The maximum Gasteiger partial charge on any atom is 0.342 e. The smallest absolute Gasteiger partial charge is 0.342 e. The van der Waals surface area contributed by atoms with Gasteiger partial charge in [0.05, 0.1) is 32.9 Å². The lowest BCUT2D eigenvalue weighted by molar-refractivity contribution is 0.00657. The van der Waals surface area contributed by atoms with E-state index in [1.165, 1.54) is 40.6 Å². The predicted octanol–water partition coefficient (Wildman–Crippen LogP) is 5.25. The number of carbonyl (C=O) groups excluding carboxylic acids is 2. The van der Waals surface area contributed by atoms with E-state index < -0.39 is 17.5 Å². The second-order valence-corrected chi connectivity index (χ2v) is 7.92. The number of ether oxygens (including phenoxy) is 5. The van der Waals surface area contributed by atoms with Crippen molar-refractivity contribution in [2.24, 2.45) is 0 Å². The van der Waals surface area contributed by atoms with Crippen LogP contribution in [0.1, 0.15) is 48.9 Å². The number of hydrogen-bond acceptors (Lipinski definition) is 8. The van der Waals surface area contributed by atoms with Gasteiger partial charge in [-0.2, -0.15) is 0 Å². The van der Waals surface area contributed by atoms with E-state index in [0.29, 0.717) is 27.3 Å². The molecule has 0 saturated carbocycles. The van der Waals surface area contributed by atoms with Gasteiger partial charge >= 0.3 is 11.9 Å². The van der Waals surface area contributed by atoms with E-state index >= 15 is 0 Å². The Hall–Kier alpha value is -2.94. The van der Waals surface area contributed by atoms with Gasteiger partial charge in [-0.25, -0.2) is 9.59 Å². The SMILES string of the molecule is C.COC(=O)c1cc(OC)ccc1O.COc1cc(Br)c(OC)c(C(=O)OC(C)(C)C)c1. The first-order valence-electron chi connectivity index (χ1n) is 9.07. The van der Waals surface area contributed by atoms with Crippen LogP contribution in [0.3, 0.4) is 0 Å². The van der Waals surface area contributed by atoms with E-state index in [4.69, 9.17) is 18.9 Å². The lowest BCUT2D eigenvalue weighted by Gasteiger charge is -2.21. The number of methoxy groups -OCH3 is 4. The zero-order chi connectivity index (χ0) is 23.8. The molecular weight excluding hydrogens is 484 g/mol. The molecule has 8 nitrogen and oxygen atoms in total. The number of hydrogen-bond donors (Lipinski definition) is 1. The minimum atomic E-state index is -0.587. The molecule has 0 heterocycles. The maximum atomic E-state index is 12.1. The highest BCUT2D eigenvalue weighted by molar-refractivity contribution is 9.10. The quantitative estimate of drug-likeness (QED) is 0.540. The number of phenols is 1. The van der Waals surface area contributed by atoms with Crippen molar-refractivity contribution in [3.63, 3.8) is 0 Å². The van der Waals surface area contributed by atoms with Crippen molar-refractivity contribution < 1.29 is 38.4 Å². The summed E-state index contributed by atoms with van der Waals surface area (Å²) in [6.45, 7) is 5.44. The van der Waals surface area contributed by atoms with E-state index in [2.05, 4.69) is 20.7 Å². The van der Waals surface area contributed by atoms with Crippen LogP contribution in [0, 0.1) is 0 Å². The van der Waals surface area contributed by atoms with Gasteiger partial charge < -0.3 is 28.8 Å². The lowest BCUT2D eigenvalue weighted by Crippen LogP contribution is -2.24. The van der Waals surface area contributed by atoms with Gasteiger partial charge in [-0.1, -0.05) is 7.43 Å². The molecule has 1 N–H and O–H groups in total. The Balaban J connectivity index is 0.000000611. The van der Waals surface area contributed by atoms with E-state index in [1.54, 1.807) is 18.2 Å². The number of halogens is 1. The van der Waals surface area contributed by atoms with E-state index in [0.717, 1.165) is 0 Å². The van der Waals surface area contributed by atoms with E-state index in [1.807, 2.05) is 20.8 Å². The van der Waals surface area contributed by atoms with Gasteiger partial charge in [-0.3, -0.25) is 0 Å². The molecule has 0 radical (unpaired) electrons. The summed E-state index contributed by atoms with van der Waals surface area (Å²) in [6, 6.07) is 7.68. The topological polar surface area (TPSA) is 101 Å². The zero-order valence-corrected chi connectivity index (χ0v) is 20.2. The van der Waals surface area contributed by atoms with E-state index in [9.17, 15) is 14.7 Å². The van der Waals surface area contributed by atoms with Crippen molar-refractivity contribution in [3.05, 3.63) is 45.9 Å². The Morgan fingerprint density at radius 2 is 1.41 bits per heavy atom. The third-order valence-electron chi connectivity index (χ3n) is 3.68. The average molecular weight is 515 g/mol. The number of rotatable bonds is 5. The standard InChI is InChI=1S/C13H17BrO4.C9H10O4.CH4/c1-13(2,3)18-12(15)9-6-8(16-4)7-10(14)11(9)17-5;1-12-6-3-4-8(10)7(5-6)9(11)13-2;/h6-7H,1-5H3;3-5,10H,1-2H3;1H4. The van der Waals surface area contributed by atoms with Crippen LogP contribution >= 0.6 is 15.9 Å². The van der Waals surface area contributed by atoms with Crippen LogP contribution in [0.5, 0.6) is 23.0 Å². The van der Waals surface area contributed by atoms with Gasteiger partial charge in [0.2, 0.25) is 0 Å². The number of benzene rings is 2. The fourth-order valence-electron chi connectivity index (χ4n) is 2.29.